The molecule has 0 unspecified atom stereocenters. The molecule has 0 aliphatic heterocycles. The van der Waals surface area contributed by atoms with Crippen LogP contribution in [0.5, 0.6) is 0 Å². The lowest BCUT2D eigenvalue weighted by atomic mass is 10.2. The van der Waals surface area contributed by atoms with E-state index < -0.39 is 0 Å². The third kappa shape index (κ3) is 5.50. The van der Waals surface area contributed by atoms with Crippen molar-refractivity contribution in [1.82, 2.24) is 5.32 Å². The minimum atomic E-state index is -0.188. The molecule has 3 N–H and O–H groups in total. The Morgan fingerprint density at radius 2 is 2.28 bits per heavy atom. The molecule has 0 saturated heterocycles. The molecule has 0 aliphatic rings. The van der Waals surface area contributed by atoms with Gasteiger partial charge in [0, 0.05) is 12.2 Å². The summed E-state index contributed by atoms with van der Waals surface area (Å²) in [4.78, 5) is 11.5. The van der Waals surface area contributed by atoms with E-state index in [1.807, 2.05) is 24.3 Å². The summed E-state index contributed by atoms with van der Waals surface area (Å²) in [5.74, 6) is 0. The molecule has 4 nitrogen and oxygen atoms in total. The van der Waals surface area contributed by atoms with Crippen molar-refractivity contribution in [2.75, 3.05) is 18.5 Å². The maximum atomic E-state index is 11.5. The number of anilines is 1. The van der Waals surface area contributed by atoms with Crippen LogP contribution in [0, 0.1) is 0 Å². The van der Waals surface area contributed by atoms with E-state index in [9.17, 15) is 4.79 Å². The first-order valence-corrected chi connectivity index (χ1v) is 6.18. The molecule has 98 valence electrons. The van der Waals surface area contributed by atoms with Crippen molar-refractivity contribution in [3.05, 3.63) is 35.9 Å². The molecular formula is C14H20N2O2. The van der Waals surface area contributed by atoms with E-state index in [4.69, 9.17) is 5.11 Å². The number of carbonyl (C=O) groups excluding carboxylic acids is 1. The molecule has 0 aromatic heterocycles. The molecule has 0 radical (unpaired) electrons. The molecule has 0 atom stereocenters. The van der Waals surface area contributed by atoms with Gasteiger partial charge < -0.3 is 15.7 Å². The maximum absolute atomic E-state index is 11.5. The summed E-state index contributed by atoms with van der Waals surface area (Å²) in [6, 6.07) is 7.26. The van der Waals surface area contributed by atoms with Gasteiger partial charge in [-0.25, -0.2) is 4.79 Å². The van der Waals surface area contributed by atoms with E-state index in [1.54, 1.807) is 12.2 Å². The summed E-state index contributed by atoms with van der Waals surface area (Å²) in [7, 11) is 0. The molecule has 0 spiro atoms. The lowest BCUT2D eigenvalue weighted by molar-refractivity contribution is 0.252. The van der Waals surface area contributed by atoms with Crippen molar-refractivity contribution < 1.29 is 9.90 Å². The first kappa shape index (κ1) is 14.3. The number of unbranched alkanes of at least 4 members (excludes halogenated alkanes) is 1. The highest BCUT2D eigenvalue weighted by Gasteiger charge is 2.00. The minimum absolute atomic E-state index is 0.00909. The monoisotopic (exact) mass is 248 g/mol. The second-order valence-electron chi connectivity index (χ2n) is 3.94. The topological polar surface area (TPSA) is 61.4 Å². The van der Waals surface area contributed by atoms with Gasteiger partial charge in [-0.2, -0.15) is 0 Å². The Bertz CT molecular complexity index is 403. The number of carbonyl (C=O) groups is 1. The summed E-state index contributed by atoms with van der Waals surface area (Å²) < 4.78 is 0. The van der Waals surface area contributed by atoms with Gasteiger partial charge in [-0.15, -0.1) is 0 Å². The standard InChI is InChI=1S/C14H20N2O2/c1-2-3-9-15-14(18)16-13-8-4-6-12(11-13)7-5-10-17/h4-8,11,17H,2-3,9-10H2,1H3,(H2,15,16,18)/b7-5+. The Labute approximate surface area is 108 Å². The van der Waals surface area contributed by atoms with E-state index in [0.29, 0.717) is 6.54 Å². The molecular weight excluding hydrogens is 228 g/mol. The fraction of sp³-hybridized carbons (Fsp3) is 0.357. The zero-order valence-corrected chi connectivity index (χ0v) is 10.6. The van der Waals surface area contributed by atoms with Crippen LogP contribution < -0.4 is 10.6 Å². The molecule has 4 heteroatoms. The molecule has 2 amide bonds. The van der Waals surface area contributed by atoms with Crippen LogP contribution in [0.25, 0.3) is 6.08 Å². The summed E-state index contributed by atoms with van der Waals surface area (Å²) in [6.45, 7) is 2.78. The first-order chi connectivity index (χ1) is 8.76. The summed E-state index contributed by atoms with van der Waals surface area (Å²) >= 11 is 0. The van der Waals surface area contributed by atoms with Crippen molar-refractivity contribution >= 4 is 17.8 Å². The highest BCUT2D eigenvalue weighted by molar-refractivity contribution is 5.89. The van der Waals surface area contributed by atoms with Gasteiger partial charge in [0.2, 0.25) is 0 Å². The highest BCUT2D eigenvalue weighted by Crippen LogP contribution is 2.11. The smallest absolute Gasteiger partial charge is 0.319 e. The summed E-state index contributed by atoms with van der Waals surface area (Å²) in [5.41, 5.74) is 1.68. The Balaban J connectivity index is 2.51. The van der Waals surface area contributed by atoms with Gasteiger partial charge in [-0.3, -0.25) is 0 Å². The number of benzene rings is 1. The SMILES string of the molecule is CCCCNC(=O)Nc1cccc(/C=C/CO)c1. The van der Waals surface area contributed by atoms with Crippen molar-refractivity contribution in [2.45, 2.75) is 19.8 Å². The van der Waals surface area contributed by atoms with Crippen LogP contribution in [0.3, 0.4) is 0 Å². The second kappa shape index (κ2) is 8.31. The maximum Gasteiger partial charge on any atom is 0.319 e. The Kier molecular flexibility index (Phi) is 6.58. The molecule has 0 heterocycles. The Morgan fingerprint density at radius 3 is 3.00 bits per heavy atom. The van der Waals surface area contributed by atoms with Crippen molar-refractivity contribution in [1.29, 1.82) is 0 Å². The van der Waals surface area contributed by atoms with Crippen LogP contribution in [0.4, 0.5) is 10.5 Å². The van der Waals surface area contributed by atoms with E-state index in [2.05, 4.69) is 17.6 Å². The second-order valence-corrected chi connectivity index (χ2v) is 3.94. The lowest BCUT2D eigenvalue weighted by Crippen LogP contribution is -2.29. The fourth-order valence-corrected chi connectivity index (χ4v) is 1.46. The summed E-state index contributed by atoms with van der Waals surface area (Å²) in [6.07, 6.45) is 5.50. The average Bonchev–Trinajstić information content (AvgIpc) is 2.37. The van der Waals surface area contributed by atoms with Crippen molar-refractivity contribution in [3.63, 3.8) is 0 Å². The molecule has 18 heavy (non-hydrogen) atoms. The molecule has 1 rings (SSSR count). The minimum Gasteiger partial charge on any atom is -0.392 e. The first-order valence-electron chi connectivity index (χ1n) is 6.18. The van der Waals surface area contributed by atoms with Gasteiger partial charge in [0.15, 0.2) is 0 Å². The van der Waals surface area contributed by atoms with Crippen molar-refractivity contribution in [2.24, 2.45) is 0 Å². The van der Waals surface area contributed by atoms with Gasteiger partial charge in [-0.1, -0.05) is 37.6 Å². The zero-order chi connectivity index (χ0) is 13.2. The Hall–Kier alpha value is -1.81. The zero-order valence-electron chi connectivity index (χ0n) is 10.6. The predicted octanol–water partition coefficient (Wildman–Crippen LogP) is 2.61. The third-order valence-electron chi connectivity index (χ3n) is 2.38. The van der Waals surface area contributed by atoms with Gasteiger partial charge in [-0.05, 0) is 24.1 Å². The lowest BCUT2D eigenvalue weighted by Gasteiger charge is -2.07. The molecule has 0 fully saturated rings. The van der Waals surface area contributed by atoms with Gasteiger partial charge in [0.1, 0.15) is 0 Å². The van der Waals surface area contributed by atoms with E-state index in [-0.39, 0.29) is 12.6 Å². The van der Waals surface area contributed by atoms with Gasteiger partial charge in [0.25, 0.3) is 0 Å². The van der Waals surface area contributed by atoms with Crippen LogP contribution >= 0.6 is 0 Å². The molecule has 0 aliphatic carbocycles. The number of hydrogen-bond donors (Lipinski definition) is 3. The summed E-state index contributed by atoms with van der Waals surface area (Å²) in [5, 5.41) is 14.3. The largest absolute Gasteiger partial charge is 0.392 e. The molecule has 1 aromatic carbocycles. The van der Waals surface area contributed by atoms with Crippen LogP contribution in [0.1, 0.15) is 25.3 Å². The van der Waals surface area contributed by atoms with Crippen molar-refractivity contribution in [3.8, 4) is 0 Å². The number of amides is 2. The van der Waals surface area contributed by atoms with Gasteiger partial charge in [0.05, 0.1) is 6.61 Å². The number of nitrogens with one attached hydrogen (secondary N) is 2. The molecule has 0 saturated carbocycles. The van der Waals surface area contributed by atoms with Crippen LogP contribution in [-0.2, 0) is 0 Å². The third-order valence-corrected chi connectivity index (χ3v) is 2.38. The molecule has 1 aromatic rings. The van der Waals surface area contributed by atoms with Crippen LogP contribution in [0.15, 0.2) is 30.3 Å². The van der Waals surface area contributed by atoms with Crippen LogP contribution in [-0.4, -0.2) is 24.3 Å². The number of aliphatic hydroxyl groups excluding tert-OH is 1. The van der Waals surface area contributed by atoms with Crippen LogP contribution in [0.2, 0.25) is 0 Å². The Morgan fingerprint density at radius 1 is 1.44 bits per heavy atom. The number of urea groups is 1. The predicted molar refractivity (Wildman–Crippen MR) is 74.5 cm³/mol. The van der Waals surface area contributed by atoms with Gasteiger partial charge >= 0.3 is 6.03 Å². The highest BCUT2D eigenvalue weighted by atomic mass is 16.2. The quantitative estimate of drug-likeness (QED) is 0.678. The van der Waals surface area contributed by atoms with E-state index in [0.717, 1.165) is 24.1 Å². The van der Waals surface area contributed by atoms with E-state index >= 15 is 0 Å². The van der Waals surface area contributed by atoms with E-state index in [1.165, 1.54) is 0 Å². The fourth-order valence-electron chi connectivity index (χ4n) is 1.46. The number of aliphatic hydroxyl groups is 1. The average molecular weight is 248 g/mol. The number of hydrogen-bond acceptors (Lipinski definition) is 2. The number of rotatable bonds is 6. The molecule has 0 bridgehead atoms. The normalized spacial score (nSPS) is 10.6.